The van der Waals surface area contributed by atoms with Crippen LogP contribution in [0.15, 0.2) is 54.2 Å². The van der Waals surface area contributed by atoms with Crippen molar-refractivity contribution in [3.63, 3.8) is 0 Å². The minimum atomic E-state index is -0.476. The van der Waals surface area contributed by atoms with E-state index in [0.29, 0.717) is 22.8 Å². The van der Waals surface area contributed by atoms with Crippen LogP contribution in [0.25, 0.3) is 10.6 Å². The Labute approximate surface area is 142 Å². The Morgan fingerprint density at radius 2 is 1.96 bits per heavy atom. The van der Waals surface area contributed by atoms with Gasteiger partial charge in [0.15, 0.2) is 0 Å². The quantitative estimate of drug-likeness (QED) is 0.745. The second-order valence-electron chi connectivity index (χ2n) is 5.02. The maximum Gasteiger partial charge on any atom is 0.271 e. The predicted molar refractivity (Wildman–Crippen MR) is 91.5 cm³/mol. The number of amides is 2. The third-order valence-electron chi connectivity index (χ3n) is 3.33. The normalized spacial score (nSPS) is 10.3. The molecule has 0 unspecified atom stereocenters. The molecule has 0 aliphatic carbocycles. The number of nitrogens with zero attached hydrogens (tertiary/aromatic N) is 2. The van der Waals surface area contributed by atoms with E-state index in [4.69, 9.17) is 5.73 Å². The lowest BCUT2D eigenvalue weighted by molar-refractivity contribution is 0.0945. The standard InChI is InChI=1S/C17H14N4O2S/c18-15(22)12-3-5-13(6-4-12)17-21-14(10-24-17)16(23)20-9-11-2-1-7-19-8-11/h1-8,10H,9H2,(H2,18,22)(H,20,23). The number of primary amides is 1. The molecule has 0 saturated heterocycles. The van der Waals surface area contributed by atoms with Crippen LogP contribution in [0, 0.1) is 0 Å². The van der Waals surface area contributed by atoms with Gasteiger partial charge in [0.1, 0.15) is 10.7 Å². The maximum atomic E-state index is 12.2. The molecule has 0 spiro atoms. The molecule has 0 bridgehead atoms. The predicted octanol–water partition coefficient (Wildman–Crippen LogP) is 2.23. The smallest absolute Gasteiger partial charge is 0.271 e. The Hall–Kier alpha value is -3.06. The van der Waals surface area contributed by atoms with Gasteiger partial charge < -0.3 is 11.1 Å². The number of benzene rings is 1. The second kappa shape index (κ2) is 7.01. The van der Waals surface area contributed by atoms with Gasteiger partial charge in [0.25, 0.3) is 5.91 Å². The molecule has 2 amide bonds. The lowest BCUT2D eigenvalue weighted by Crippen LogP contribution is -2.23. The van der Waals surface area contributed by atoms with Gasteiger partial charge in [-0.2, -0.15) is 0 Å². The first kappa shape index (κ1) is 15.8. The Morgan fingerprint density at radius 3 is 2.62 bits per heavy atom. The van der Waals surface area contributed by atoms with Crippen molar-refractivity contribution in [2.24, 2.45) is 5.73 Å². The summed E-state index contributed by atoms with van der Waals surface area (Å²) in [5.74, 6) is -0.716. The number of thiazole rings is 1. The number of carbonyl (C=O) groups excluding carboxylic acids is 2. The molecule has 0 fully saturated rings. The van der Waals surface area contributed by atoms with Gasteiger partial charge in [-0.3, -0.25) is 14.6 Å². The van der Waals surface area contributed by atoms with Crippen molar-refractivity contribution in [1.82, 2.24) is 15.3 Å². The van der Waals surface area contributed by atoms with Gasteiger partial charge in [-0.1, -0.05) is 18.2 Å². The summed E-state index contributed by atoms with van der Waals surface area (Å²) in [4.78, 5) is 31.6. The maximum absolute atomic E-state index is 12.2. The van der Waals surface area contributed by atoms with Gasteiger partial charge in [-0.25, -0.2) is 4.98 Å². The third-order valence-corrected chi connectivity index (χ3v) is 4.22. The highest BCUT2D eigenvalue weighted by molar-refractivity contribution is 7.13. The number of hydrogen-bond acceptors (Lipinski definition) is 5. The lowest BCUT2D eigenvalue weighted by atomic mass is 10.1. The summed E-state index contributed by atoms with van der Waals surface area (Å²) < 4.78 is 0. The number of hydrogen-bond donors (Lipinski definition) is 2. The van der Waals surface area contributed by atoms with Crippen LogP contribution >= 0.6 is 11.3 Å². The molecule has 0 saturated carbocycles. The summed E-state index contributed by atoms with van der Waals surface area (Å²) in [6.45, 7) is 0.396. The van der Waals surface area contributed by atoms with Crippen molar-refractivity contribution in [1.29, 1.82) is 0 Å². The Bertz CT molecular complexity index is 860. The average molecular weight is 338 g/mol. The van der Waals surface area contributed by atoms with Gasteiger partial charge in [-0.15, -0.1) is 11.3 Å². The zero-order chi connectivity index (χ0) is 16.9. The fraction of sp³-hybridized carbons (Fsp3) is 0.0588. The molecule has 3 aromatic rings. The molecule has 120 valence electrons. The SMILES string of the molecule is NC(=O)c1ccc(-c2nc(C(=O)NCc3cccnc3)cs2)cc1. The van der Waals surface area contributed by atoms with Crippen molar-refractivity contribution in [3.05, 3.63) is 71.0 Å². The van der Waals surface area contributed by atoms with E-state index in [1.54, 1.807) is 42.0 Å². The zero-order valence-electron chi connectivity index (χ0n) is 12.6. The van der Waals surface area contributed by atoms with Crippen molar-refractivity contribution >= 4 is 23.2 Å². The van der Waals surface area contributed by atoms with E-state index in [1.807, 2.05) is 12.1 Å². The van der Waals surface area contributed by atoms with Crippen molar-refractivity contribution < 1.29 is 9.59 Å². The summed E-state index contributed by atoms with van der Waals surface area (Å²) in [6.07, 6.45) is 3.38. The molecule has 1 aromatic carbocycles. The van der Waals surface area contributed by atoms with Gasteiger partial charge in [0, 0.05) is 35.4 Å². The Morgan fingerprint density at radius 1 is 1.17 bits per heavy atom. The Balaban J connectivity index is 1.68. The van der Waals surface area contributed by atoms with Crippen LogP contribution in [0.1, 0.15) is 26.4 Å². The first-order valence-electron chi connectivity index (χ1n) is 7.16. The number of nitrogens with one attached hydrogen (secondary N) is 1. The molecular weight excluding hydrogens is 324 g/mol. The summed E-state index contributed by atoms with van der Waals surface area (Å²) >= 11 is 1.37. The molecular formula is C17H14N4O2S. The highest BCUT2D eigenvalue weighted by Gasteiger charge is 2.12. The first-order chi connectivity index (χ1) is 11.6. The number of nitrogens with two attached hydrogens (primary N) is 1. The van der Waals surface area contributed by atoms with Crippen molar-refractivity contribution in [2.45, 2.75) is 6.54 Å². The van der Waals surface area contributed by atoms with E-state index in [2.05, 4.69) is 15.3 Å². The minimum Gasteiger partial charge on any atom is -0.366 e. The van der Waals surface area contributed by atoms with Crippen LogP contribution < -0.4 is 11.1 Å². The summed E-state index contributed by atoms with van der Waals surface area (Å²) in [5.41, 5.74) is 7.76. The summed E-state index contributed by atoms with van der Waals surface area (Å²) in [7, 11) is 0. The molecule has 6 nitrogen and oxygen atoms in total. The van der Waals surface area contributed by atoms with Crippen LogP contribution in [0.2, 0.25) is 0 Å². The van der Waals surface area contributed by atoms with Crippen LogP contribution in [-0.4, -0.2) is 21.8 Å². The van der Waals surface area contributed by atoms with Gasteiger partial charge in [0.2, 0.25) is 5.91 Å². The molecule has 0 radical (unpaired) electrons. The molecule has 24 heavy (non-hydrogen) atoms. The Kier molecular flexibility index (Phi) is 4.62. The highest BCUT2D eigenvalue weighted by atomic mass is 32.1. The largest absolute Gasteiger partial charge is 0.366 e. The molecule has 2 aromatic heterocycles. The van der Waals surface area contributed by atoms with E-state index in [9.17, 15) is 9.59 Å². The molecule has 0 aliphatic heterocycles. The highest BCUT2D eigenvalue weighted by Crippen LogP contribution is 2.24. The van der Waals surface area contributed by atoms with E-state index < -0.39 is 5.91 Å². The van der Waals surface area contributed by atoms with E-state index >= 15 is 0 Å². The number of aromatic nitrogens is 2. The van der Waals surface area contributed by atoms with Gasteiger partial charge >= 0.3 is 0 Å². The summed E-state index contributed by atoms with van der Waals surface area (Å²) in [5, 5.41) is 5.22. The van der Waals surface area contributed by atoms with E-state index in [1.165, 1.54) is 11.3 Å². The fourth-order valence-electron chi connectivity index (χ4n) is 2.06. The molecule has 2 heterocycles. The zero-order valence-corrected chi connectivity index (χ0v) is 13.4. The van der Waals surface area contributed by atoms with Crippen LogP contribution in [0.5, 0.6) is 0 Å². The molecule has 7 heteroatoms. The summed E-state index contributed by atoms with van der Waals surface area (Å²) in [6, 6.07) is 10.5. The molecule has 0 atom stereocenters. The number of rotatable bonds is 5. The molecule has 3 rings (SSSR count). The molecule has 3 N–H and O–H groups in total. The third kappa shape index (κ3) is 3.64. The molecule has 0 aliphatic rings. The number of pyridine rings is 1. The first-order valence-corrected chi connectivity index (χ1v) is 8.04. The lowest BCUT2D eigenvalue weighted by Gasteiger charge is -2.02. The average Bonchev–Trinajstić information content (AvgIpc) is 3.11. The van der Waals surface area contributed by atoms with Crippen LogP contribution in [0.3, 0.4) is 0 Å². The topological polar surface area (TPSA) is 98.0 Å². The fourth-order valence-corrected chi connectivity index (χ4v) is 2.87. The van der Waals surface area contributed by atoms with Crippen molar-refractivity contribution in [2.75, 3.05) is 0 Å². The second-order valence-corrected chi connectivity index (χ2v) is 5.88. The van der Waals surface area contributed by atoms with Crippen LogP contribution in [-0.2, 0) is 6.54 Å². The van der Waals surface area contributed by atoms with Crippen LogP contribution in [0.4, 0.5) is 0 Å². The number of carbonyl (C=O) groups is 2. The van der Waals surface area contributed by atoms with Crippen molar-refractivity contribution in [3.8, 4) is 10.6 Å². The van der Waals surface area contributed by atoms with Gasteiger partial charge in [0.05, 0.1) is 0 Å². The van der Waals surface area contributed by atoms with Gasteiger partial charge in [-0.05, 0) is 23.8 Å². The van der Waals surface area contributed by atoms with E-state index in [0.717, 1.165) is 11.1 Å². The minimum absolute atomic E-state index is 0.241. The monoisotopic (exact) mass is 338 g/mol. The van der Waals surface area contributed by atoms with E-state index in [-0.39, 0.29) is 5.91 Å².